The van der Waals surface area contributed by atoms with Crippen LogP contribution in [0.15, 0.2) is 24.3 Å². The number of ether oxygens (including phenoxy) is 1. The van der Waals surface area contributed by atoms with Crippen molar-refractivity contribution < 1.29 is 9.53 Å². The van der Waals surface area contributed by atoms with Crippen LogP contribution in [0.25, 0.3) is 0 Å². The first-order valence-corrected chi connectivity index (χ1v) is 6.00. The highest BCUT2D eigenvalue weighted by Gasteiger charge is 2.18. The van der Waals surface area contributed by atoms with Gasteiger partial charge in [0.05, 0.1) is 6.61 Å². The third-order valence-electron chi connectivity index (χ3n) is 2.22. The maximum absolute atomic E-state index is 11.7. The van der Waals surface area contributed by atoms with Crippen LogP contribution in [0.1, 0.15) is 30.4 Å². The van der Waals surface area contributed by atoms with Gasteiger partial charge in [0.15, 0.2) is 0 Å². The van der Waals surface area contributed by atoms with Crippen molar-refractivity contribution in [3.05, 3.63) is 35.4 Å². The number of carbonyl (C=O) groups excluding carboxylic acids is 1. The lowest BCUT2D eigenvalue weighted by Gasteiger charge is -2.14. The molecule has 1 aromatic rings. The Hall–Kier alpha value is -1.06. The predicted molar refractivity (Wildman–Crippen MR) is 69.0 cm³/mol. The zero-order valence-electron chi connectivity index (χ0n) is 10.4. The van der Waals surface area contributed by atoms with E-state index in [1.54, 1.807) is 7.11 Å². The molecule has 94 valence electrons. The summed E-state index contributed by atoms with van der Waals surface area (Å²) in [5.74, 6) is -0.170. The van der Waals surface area contributed by atoms with Gasteiger partial charge in [-0.25, -0.2) is 0 Å². The van der Waals surface area contributed by atoms with Gasteiger partial charge in [0, 0.05) is 13.2 Å². The number of carbonyl (C=O) groups is 1. The molecule has 0 fully saturated rings. The summed E-state index contributed by atoms with van der Waals surface area (Å²) >= 11 is 6.12. The van der Waals surface area contributed by atoms with E-state index in [0.717, 1.165) is 11.1 Å². The van der Waals surface area contributed by atoms with E-state index in [9.17, 15) is 4.79 Å². The first-order chi connectivity index (χ1) is 8.04. The van der Waals surface area contributed by atoms with Crippen molar-refractivity contribution in [2.45, 2.75) is 31.9 Å². The Bertz CT molecular complexity index is 379. The van der Waals surface area contributed by atoms with Crippen LogP contribution in [0, 0.1) is 0 Å². The molecule has 1 atom stereocenters. The molecule has 1 N–H and O–H groups in total. The Morgan fingerprint density at radius 1 is 1.47 bits per heavy atom. The van der Waals surface area contributed by atoms with Crippen LogP contribution in [-0.2, 0) is 16.1 Å². The van der Waals surface area contributed by atoms with E-state index in [0.29, 0.717) is 6.61 Å². The van der Waals surface area contributed by atoms with Crippen molar-refractivity contribution in [1.29, 1.82) is 0 Å². The maximum atomic E-state index is 11.7. The Morgan fingerprint density at radius 2 is 2.18 bits per heavy atom. The zero-order chi connectivity index (χ0) is 12.8. The van der Waals surface area contributed by atoms with Gasteiger partial charge in [-0.3, -0.25) is 4.79 Å². The number of benzene rings is 1. The van der Waals surface area contributed by atoms with E-state index in [2.05, 4.69) is 5.32 Å². The highest BCUT2D eigenvalue weighted by atomic mass is 35.5. The second kappa shape index (κ2) is 6.62. The van der Waals surface area contributed by atoms with Gasteiger partial charge in [-0.05, 0) is 25.0 Å². The molecule has 0 saturated heterocycles. The molecule has 1 rings (SSSR count). The largest absolute Gasteiger partial charge is 0.380 e. The highest BCUT2D eigenvalue weighted by molar-refractivity contribution is 6.30. The van der Waals surface area contributed by atoms with Gasteiger partial charge in [0.25, 0.3) is 0 Å². The molecule has 0 heterocycles. The molecule has 0 aliphatic rings. The standard InChI is InChI=1S/C13H18ClNO2/c1-9(2)15-13(16)12(14)11-6-4-5-10(7-11)8-17-3/h4-7,9,12H,8H2,1-3H3,(H,15,16). The summed E-state index contributed by atoms with van der Waals surface area (Å²) in [5.41, 5.74) is 1.80. The van der Waals surface area contributed by atoms with Crippen molar-refractivity contribution in [2.24, 2.45) is 0 Å². The molecular weight excluding hydrogens is 238 g/mol. The van der Waals surface area contributed by atoms with E-state index in [1.807, 2.05) is 38.1 Å². The Labute approximate surface area is 107 Å². The van der Waals surface area contributed by atoms with Crippen LogP contribution < -0.4 is 5.32 Å². The Morgan fingerprint density at radius 3 is 2.76 bits per heavy atom. The van der Waals surface area contributed by atoms with Crippen molar-refractivity contribution in [3.8, 4) is 0 Å². The number of rotatable bonds is 5. The van der Waals surface area contributed by atoms with E-state index in [-0.39, 0.29) is 11.9 Å². The fourth-order valence-corrected chi connectivity index (χ4v) is 1.71. The van der Waals surface area contributed by atoms with Crippen molar-refractivity contribution >= 4 is 17.5 Å². The molecule has 1 amide bonds. The summed E-state index contributed by atoms with van der Waals surface area (Å²) in [4.78, 5) is 11.7. The normalized spacial score (nSPS) is 12.5. The SMILES string of the molecule is COCc1cccc(C(Cl)C(=O)NC(C)C)c1. The van der Waals surface area contributed by atoms with E-state index in [1.165, 1.54) is 0 Å². The lowest BCUT2D eigenvalue weighted by molar-refractivity contribution is -0.121. The number of halogens is 1. The molecule has 0 bridgehead atoms. The second-order valence-corrected chi connectivity index (χ2v) is 4.64. The van der Waals surface area contributed by atoms with E-state index in [4.69, 9.17) is 16.3 Å². The lowest BCUT2D eigenvalue weighted by Crippen LogP contribution is -2.32. The number of alkyl halides is 1. The Balaban J connectivity index is 2.77. The molecule has 1 unspecified atom stereocenters. The summed E-state index contributed by atoms with van der Waals surface area (Å²) in [6.07, 6.45) is 0. The molecule has 0 aromatic heterocycles. The molecular formula is C13H18ClNO2. The number of nitrogens with one attached hydrogen (secondary N) is 1. The van der Waals surface area contributed by atoms with Crippen molar-refractivity contribution in [3.63, 3.8) is 0 Å². The number of hydrogen-bond donors (Lipinski definition) is 1. The quantitative estimate of drug-likeness (QED) is 0.822. The summed E-state index contributed by atoms with van der Waals surface area (Å²) in [6.45, 7) is 4.33. The second-order valence-electron chi connectivity index (χ2n) is 4.20. The van der Waals surface area contributed by atoms with Crippen molar-refractivity contribution in [2.75, 3.05) is 7.11 Å². The lowest BCUT2D eigenvalue weighted by atomic mass is 10.1. The van der Waals surface area contributed by atoms with Gasteiger partial charge in [0.2, 0.25) is 5.91 Å². The summed E-state index contributed by atoms with van der Waals surface area (Å²) < 4.78 is 5.04. The fourth-order valence-electron chi connectivity index (χ4n) is 1.52. The number of methoxy groups -OCH3 is 1. The summed E-state index contributed by atoms with van der Waals surface area (Å²) in [5, 5.41) is 2.13. The number of amides is 1. The molecule has 0 saturated carbocycles. The van der Waals surface area contributed by atoms with Gasteiger partial charge in [-0.15, -0.1) is 11.6 Å². The molecule has 17 heavy (non-hydrogen) atoms. The molecule has 3 nitrogen and oxygen atoms in total. The monoisotopic (exact) mass is 255 g/mol. The molecule has 1 aromatic carbocycles. The van der Waals surface area contributed by atoms with E-state index >= 15 is 0 Å². The van der Waals surface area contributed by atoms with Crippen LogP contribution in [0.3, 0.4) is 0 Å². The highest BCUT2D eigenvalue weighted by Crippen LogP contribution is 2.22. The topological polar surface area (TPSA) is 38.3 Å². The zero-order valence-corrected chi connectivity index (χ0v) is 11.1. The summed E-state index contributed by atoms with van der Waals surface area (Å²) in [7, 11) is 1.64. The third-order valence-corrected chi connectivity index (χ3v) is 2.67. The maximum Gasteiger partial charge on any atom is 0.242 e. The molecule has 0 spiro atoms. The van der Waals surface area contributed by atoms with E-state index < -0.39 is 5.38 Å². The van der Waals surface area contributed by atoms with Crippen LogP contribution >= 0.6 is 11.6 Å². The van der Waals surface area contributed by atoms with Crippen LogP contribution in [-0.4, -0.2) is 19.1 Å². The summed E-state index contributed by atoms with van der Waals surface area (Å²) in [6, 6.07) is 7.64. The first-order valence-electron chi connectivity index (χ1n) is 5.56. The first kappa shape index (κ1) is 14.0. The molecule has 0 radical (unpaired) electrons. The average molecular weight is 256 g/mol. The van der Waals surface area contributed by atoms with Gasteiger partial charge in [0.1, 0.15) is 5.38 Å². The average Bonchev–Trinajstić information content (AvgIpc) is 2.28. The van der Waals surface area contributed by atoms with Crippen LogP contribution in [0.4, 0.5) is 0 Å². The smallest absolute Gasteiger partial charge is 0.242 e. The molecule has 4 heteroatoms. The fraction of sp³-hybridized carbons (Fsp3) is 0.462. The third kappa shape index (κ3) is 4.36. The minimum atomic E-state index is -0.658. The van der Waals surface area contributed by atoms with Gasteiger partial charge >= 0.3 is 0 Å². The van der Waals surface area contributed by atoms with Crippen LogP contribution in [0.2, 0.25) is 0 Å². The van der Waals surface area contributed by atoms with Gasteiger partial charge in [-0.1, -0.05) is 24.3 Å². The number of hydrogen-bond acceptors (Lipinski definition) is 2. The molecule has 0 aliphatic carbocycles. The van der Waals surface area contributed by atoms with Crippen molar-refractivity contribution in [1.82, 2.24) is 5.32 Å². The minimum Gasteiger partial charge on any atom is -0.380 e. The molecule has 0 aliphatic heterocycles. The van der Waals surface area contributed by atoms with Gasteiger partial charge in [-0.2, -0.15) is 0 Å². The van der Waals surface area contributed by atoms with Crippen LogP contribution in [0.5, 0.6) is 0 Å². The Kier molecular flexibility index (Phi) is 5.45. The predicted octanol–water partition coefficient (Wildman–Crippen LogP) is 2.64. The minimum absolute atomic E-state index is 0.0888. The van der Waals surface area contributed by atoms with Gasteiger partial charge < -0.3 is 10.1 Å².